The number of thiophene rings is 1. The zero-order valence-corrected chi connectivity index (χ0v) is 13.0. The third-order valence-corrected chi connectivity index (χ3v) is 4.28. The number of fused-ring (bicyclic) bond motifs is 1. The van der Waals surface area contributed by atoms with E-state index in [9.17, 15) is 4.79 Å². The normalized spacial score (nSPS) is 10.8. The van der Waals surface area contributed by atoms with Crippen LogP contribution in [0.3, 0.4) is 0 Å². The van der Waals surface area contributed by atoms with Gasteiger partial charge < -0.3 is 4.90 Å². The lowest BCUT2D eigenvalue weighted by atomic mass is 10.2. The lowest BCUT2D eigenvalue weighted by molar-refractivity contribution is 0.0780. The number of carbonyl (C=O) groups is 1. The number of hydrogen-bond acceptors (Lipinski definition) is 3. The molecular weight excluding hydrogens is 304 g/mol. The van der Waals surface area contributed by atoms with Gasteiger partial charge in [-0.05, 0) is 34.5 Å². The average molecular weight is 317 g/mol. The second-order valence-electron chi connectivity index (χ2n) is 4.80. The van der Waals surface area contributed by atoms with Crippen molar-refractivity contribution in [2.75, 3.05) is 7.05 Å². The zero-order chi connectivity index (χ0) is 14.8. The van der Waals surface area contributed by atoms with Crippen molar-refractivity contribution in [2.24, 2.45) is 0 Å². The van der Waals surface area contributed by atoms with Crippen molar-refractivity contribution in [3.05, 3.63) is 63.4 Å². The van der Waals surface area contributed by atoms with Crippen LogP contribution in [-0.2, 0) is 6.54 Å². The molecule has 0 spiro atoms. The number of halogens is 1. The summed E-state index contributed by atoms with van der Waals surface area (Å²) in [5.41, 5.74) is 2.22. The van der Waals surface area contributed by atoms with Crippen LogP contribution in [0.15, 0.2) is 47.2 Å². The molecular formula is C16H13ClN2OS. The van der Waals surface area contributed by atoms with E-state index in [0.717, 1.165) is 16.5 Å². The van der Waals surface area contributed by atoms with Gasteiger partial charge in [-0.2, -0.15) is 11.3 Å². The van der Waals surface area contributed by atoms with Gasteiger partial charge >= 0.3 is 0 Å². The second kappa shape index (κ2) is 5.84. The van der Waals surface area contributed by atoms with Crippen LogP contribution in [0.5, 0.6) is 0 Å². The van der Waals surface area contributed by atoms with Crippen LogP contribution in [-0.4, -0.2) is 22.8 Å². The molecule has 0 atom stereocenters. The van der Waals surface area contributed by atoms with Crippen LogP contribution < -0.4 is 0 Å². The summed E-state index contributed by atoms with van der Waals surface area (Å²) in [6.07, 6.45) is 0. The van der Waals surface area contributed by atoms with Gasteiger partial charge in [0.05, 0.1) is 10.5 Å². The molecule has 3 aromatic rings. The molecule has 0 N–H and O–H groups in total. The van der Waals surface area contributed by atoms with Crippen LogP contribution in [0.4, 0.5) is 0 Å². The largest absolute Gasteiger partial charge is 0.336 e. The number of rotatable bonds is 3. The van der Waals surface area contributed by atoms with Crippen molar-refractivity contribution < 1.29 is 4.79 Å². The molecule has 5 heteroatoms. The Morgan fingerprint density at radius 1 is 1.33 bits per heavy atom. The smallest absolute Gasteiger partial charge is 0.272 e. The lowest BCUT2D eigenvalue weighted by Gasteiger charge is -2.16. The predicted molar refractivity (Wildman–Crippen MR) is 86.9 cm³/mol. The van der Waals surface area contributed by atoms with Crippen molar-refractivity contribution in [1.29, 1.82) is 0 Å². The van der Waals surface area contributed by atoms with Crippen molar-refractivity contribution >= 4 is 39.7 Å². The van der Waals surface area contributed by atoms with Gasteiger partial charge in [0, 0.05) is 19.0 Å². The lowest BCUT2D eigenvalue weighted by Crippen LogP contribution is -2.26. The number of carbonyl (C=O) groups excluding carboxylic acids is 1. The SMILES string of the molecule is CN(Cc1ccsc1)C(=O)c1cc(Cl)c2ccccc2n1. The van der Waals surface area contributed by atoms with E-state index in [2.05, 4.69) is 4.98 Å². The number of pyridine rings is 1. The molecule has 0 aliphatic rings. The zero-order valence-electron chi connectivity index (χ0n) is 11.4. The first-order valence-electron chi connectivity index (χ1n) is 6.47. The first kappa shape index (κ1) is 14.0. The van der Waals surface area contributed by atoms with Crippen molar-refractivity contribution in [2.45, 2.75) is 6.54 Å². The van der Waals surface area contributed by atoms with E-state index in [0.29, 0.717) is 17.3 Å². The second-order valence-corrected chi connectivity index (χ2v) is 5.99. The molecule has 0 saturated carbocycles. The molecule has 0 fully saturated rings. The number of para-hydroxylation sites is 1. The van der Waals surface area contributed by atoms with Gasteiger partial charge in [0.1, 0.15) is 5.69 Å². The Morgan fingerprint density at radius 2 is 2.14 bits per heavy atom. The Labute approximate surface area is 131 Å². The first-order chi connectivity index (χ1) is 10.1. The number of aromatic nitrogens is 1. The first-order valence-corrected chi connectivity index (χ1v) is 7.79. The van der Waals surface area contributed by atoms with Gasteiger partial charge in [0.15, 0.2) is 0 Å². The summed E-state index contributed by atoms with van der Waals surface area (Å²) in [7, 11) is 1.77. The average Bonchev–Trinajstić information content (AvgIpc) is 2.99. The summed E-state index contributed by atoms with van der Waals surface area (Å²) in [5, 5.41) is 5.44. The summed E-state index contributed by atoms with van der Waals surface area (Å²) < 4.78 is 0. The van der Waals surface area contributed by atoms with Gasteiger partial charge in [-0.15, -0.1) is 0 Å². The van der Waals surface area contributed by atoms with Gasteiger partial charge in [0.25, 0.3) is 5.91 Å². The quantitative estimate of drug-likeness (QED) is 0.724. The van der Waals surface area contributed by atoms with E-state index in [1.54, 1.807) is 29.4 Å². The molecule has 3 nitrogen and oxygen atoms in total. The minimum absolute atomic E-state index is 0.131. The summed E-state index contributed by atoms with van der Waals surface area (Å²) >= 11 is 7.86. The highest BCUT2D eigenvalue weighted by Crippen LogP contribution is 2.23. The van der Waals surface area contributed by atoms with Gasteiger partial charge in [-0.1, -0.05) is 29.8 Å². The molecule has 2 heterocycles. The van der Waals surface area contributed by atoms with E-state index < -0.39 is 0 Å². The Morgan fingerprint density at radius 3 is 2.90 bits per heavy atom. The summed E-state index contributed by atoms with van der Waals surface area (Å²) in [4.78, 5) is 18.5. The summed E-state index contributed by atoms with van der Waals surface area (Å²) in [6.45, 7) is 0.564. The van der Waals surface area contributed by atoms with Crippen LogP contribution >= 0.6 is 22.9 Å². The Balaban J connectivity index is 1.90. The highest BCUT2D eigenvalue weighted by molar-refractivity contribution is 7.07. The Kier molecular flexibility index (Phi) is 3.90. The van der Waals surface area contributed by atoms with E-state index in [-0.39, 0.29) is 5.91 Å². The summed E-state index contributed by atoms with van der Waals surface area (Å²) in [6, 6.07) is 11.2. The maximum absolute atomic E-state index is 12.5. The fourth-order valence-electron chi connectivity index (χ4n) is 2.17. The standard InChI is InChI=1S/C16H13ClN2OS/c1-19(9-11-6-7-21-10-11)16(20)15-8-13(17)12-4-2-3-5-14(12)18-15/h2-8,10H,9H2,1H3. The fraction of sp³-hybridized carbons (Fsp3) is 0.125. The topological polar surface area (TPSA) is 33.2 Å². The molecule has 1 aromatic carbocycles. The predicted octanol–water partition coefficient (Wildman–Crippen LogP) is 4.22. The molecule has 0 unspecified atom stereocenters. The van der Waals surface area contributed by atoms with E-state index in [1.165, 1.54) is 0 Å². The number of nitrogens with zero attached hydrogens (tertiary/aromatic N) is 2. The maximum atomic E-state index is 12.5. The summed E-state index contributed by atoms with van der Waals surface area (Å²) in [5.74, 6) is -0.131. The van der Waals surface area contributed by atoms with Gasteiger partial charge in [-0.25, -0.2) is 4.98 Å². The Bertz CT molecular complexity index is 786. The molecule has 0 radical (unpaired) electrons. The number of benzene rings is 1. The molecule has 3 rings (SSSR count). The van der Waals surface area contributed by atoms with Crippen molar-refractivity contribution in [1.82, 2.24) is 9.88 Å². The third kappa shape index (κ3) is 2.91. The monoisotopic (exact) mass is 316 g/mol. The van der Waals surface area contributed by atoms with Crippen LogP contribution in [0.25, 0.3) is 10.9 Å². The Hall–Kier alpha value is -1.91. The van der Waals surface area contributed by atoms with Crippen molar-refractivity contribution in [3.8, 4) is 0 Å². The van der Waals surface area contributed by atoms with Gasteiger partial charge in [-0.3, -0.25) is 4.79 Å². The maximum Gasteiger partial charge on any atom is 0.272 e. The highest BCUT2D eigenvalue weighted by atomic mass is 35.5. The van der Waals surface area contributed by atoms with E-state index >= 15 is 0 Å². The minimum atomic E-state index is -0.131. The number of hydrogen-bond donors (Lipinski definition) is 0. The van der Waals surface area contributed by atoms with E-state index in [4.69, 9.17) is 11.6 Å². The van der Waals surface area contributed by atoms with E-state index in [1.807, 2.05) is 41.1 Å². The number of amides is 1. The molecule has 21 heavy (non-hydrogen) atoms. The molecule has 1 amide bonds. The van der Waals surface area contributed by atoms with Crippen LogP contribution in [0, 0.1) is 0 Å². The molecule has 2 aromatic heterocycles. The fourth-order valence-corrected chi connectivity index (χ4v) is 3.09. The highest BCUT2D eigenvalue weighted by Gasteiger charge is 2.15. The van der Waals surface area contributed by atoms with Crippen molar-refractivity contribution in [3.63, 3.8) is 0 Å². The molecule has 0 saturated heterocycles. The molecule has 106 valence electrons. The molecule has 0 aliphatic heterocycles. The molecule has 0 aliphatic carbocycles. The van der Waals surface area contributed by atoms with Crippen LogP contribution in [0.2, 0.25) is 5.02 Å². The van der Waals surface area contributed by atoms with Gasteiger partial charge in [0.2, 0.25) is 0 Å². The van der Waals surface area contributed by atoms with Crippen LogP contribution in [0.1, 0.15) is 16.1 Å². The molecule has 0 bridgehead atoms. The minimum Gasteiger partial charge on any atom is -0.336 e. The third-order valence-electron chi connectivity index (χ3n) is 3.23.